The Hall–Kier alpha value is -3.37. The third-order valence-corrected chi connectivity index (χ3v) is 5.89. The Labute approximate surface area is 238 Å². The topological polar surface area (TPSA) is 149 Å². The summed E-state index contributed by atoms with van der Waals surface area (Å²) in [4.78, 5) is 59.4. The van der Waals surface area contributed by atoms with E-state index >= 15 is 0 Å². The maximum atomic E-state index is 12.4. The molecule has 3 amide bonds. The highest BCUT2D eigenvalue weighted by Gasteiger charge is 2.22. The van der Waals surface area contributed by atoms with Gasteiger partial charge in [0, 0.05) is 25.9 Å². The first-order valence-corrected chi connectivity index (χ1v) is 14.1. The molecule has 0 aromatic carbocycles. The normalized spacial score (nSPS) is 11.9. The Morgan fingerprint density at radius 3 is 1.90 bits per heavy atom. The van der Waals surface area contributed by atoms with E-state index in [1.54, 1.807) is 27.7 Å². The second kappa shape index (κ2) is 22.4. The predicted molar refractivity (Wildman–Crippen MR) is 153 cm³/mol. The van der Waals surface area contributed by atoms with Gasteiger partial charge in [-0.25, -0.2) is 14.4 Å². The molecule has 0 bridgehead atoms. The Morgan fingerprint density at radius 2 is 1.32 bits per heavy atom. The number of allylic oxidation sites excluding steroid dienone is 1. The SMILES string of the molecule is C=C(C)C(=O)CCCCCC(NC(=O)OCCC(C)OC(=O)NCCCCCCNC(=O)OCC)C(=O)C(=C)C. The molecule has 0 aromatic heterocycles. The third-order valence-electron chi connectivity index (χ3n) is 5.89. The first kappa shape index (κ1) is 36.6. The number of carbonyl (C=O) groups excluding carboxylic acids is 5. The summed E-state index contributed by atoms with van der Waals surface area (Å²) in [6, 6.07) is -0.755. The van der Waals surface area contributed by atoms with Crippen LogP contribution < -0.4 is 16.0 Å². The summed E-state index contributed by atoms with van der Waals surface area (Å²) >= 11 is 0. The number of ketones is 2. The number of nitrogens with one attached hydrogen (secondary N) is 3. The molecule has 0 aliphatic heterocycles. The van der Waals surface area contributed by atoms with Gasteiger partial charge in [0.15, 0.2) is 11.6 Å². The van der Waals surface area contributed by atoms with Crippen molar-refractivity contribution in [3.8, 4) is 0 Å². The lowest BCUT2D eigenvalue weighted by molar-refractivity contribution is -0.117. The maximum Gasteiger partial charge on any atom is 0.407 e. The second-order valence-corrected chi connectivity index (χ2v) is 9.77. The molecule has 2 unspecified atom stereocenters. The van der Waals surface area contributed by atoms with Gasteiger partial charge in [-0.05, 0) is 64.5 Å². The van der Waals surface area contributed by atoms with Gasteiger partial charge >= 0.3 is 18.3 Å². The smallest absolute Gasteiger partial charge is 0.407 e. The van der Waals surface area contributed by atoms with E-state index in [0.717, 1.165) is 32.1 Å². The van der Waals surface area contributed by atoms with E-state index < -0.39 is 30.4 Å². The molecule has 0 spiro atoms. The van der Waals surface area contributed by atoms with E-state index in [4.69, 9.17) is 14.2 Å². The average Bonchev–Trinajstić information content (AvgIpc) is 2.88. The van der Waals surface area contributed by atoms with Crippen LogP contribution in [0.4, 0.5) is 14.4 Å². The largest absolute Gasteiger partial charge is 0.450 e. The van der Waals surface area contributed by atoms with Crippen molar-refractivity contribution < 1.29 is 38.2 Å². The third kappa shape index (κ3) is 19.7. The molecule has 0 saturated heterocycles. The molecule has 11 nitrogen and oxygen atoms in total. The predicted octanol–water partition coefficient (Wildman–Crippen LogP) is 5.13. The first-order chi connectivity index (χ1) is 19.0. The van der Waals surface area contributed by atoms with Gasteiger partial charge in [-0.15, -0.1) is 0 Å². The van der Waals surface area contributed by atoms with Crippen molar-refractivity contribution in [1.82, 2.24) is 16.0 Å². The van der Waals surface area contributed by atoms with Gasteiger partial charge in [-0.2, -0.15) is 0 Å². The molecule has 0 aliphatic carbocycles. The highest BCUT2D eigenvalue weighted by atomic mass is 16.6. The standard InChI is InChI=1S/C29H49N3O8/c1-7-38-27(35)30-18-13-8-9-14-19-31-28(36)40-23(6)17-20-39-29(37)32-24(26(34)22(4)5)15-11-10-12-16-25(33)21(2)3/h23-24H,2,4,7-20H2,1,3,5-6H3,(H,30,35)(H,31,36)(H,32,37). The summed E-state index contributed by atoms with van der Waals surface area (Å²) in [6.45, 7) is 15.4. The average molecular weight is 568 g/mol. The van der Waals surface area contributed by atoms with Gasteiger partial charge in [0.1, 0.15) is 6.10 Å². The van der Waals surface area contributed by atoms with E-state index in [0.29, 0.717) is 62.9 Å². The molecule has 228 valence electrons. The van der Waals surface area contributed by atoms with Crippen LogP contribution in [0.1, 0.15) is 91.9 Å². The van der Waals surface area contributed by atoms with Gasteiger partial charge < -0.3 is 30.2 Å². The molecule has 0 aromatic rings. The summed E-state index contributed by atoms with van der Waals surface area (Å²) in [5.41, 5.74) is 0.868. The van der Waals surface area contributed by atoms with Gasteiger partial charge in [0.2, 0.25) is 0 Å². The fourth-order valence-corrected chi connectivity index (χ4v) is 3.54. The van der Waals surface area contributed by atoms with Crippen LogP contribution >= 0.6 is 0 Å². The van der Waals surface area contributed by atoms with Crippen LogP contribution in [-0.2, 0) is 23.8 Å². The minimum absolute atomic E-state index is 0.0110. The Kier molecular flexibility index (Phi) is 20.6. The zero-order chi connectivity index (χ0) is 30.3. The summed E-state index contributed by atoms with van der Waals surface area (Å²) in [7, 11) is 0. The number of hydrogen-bond acceptors (Lipinski definition) is 8. The van der Waals surface area contributed by atoms with Crippen LogP contribution in [0, 0.1) is 0 Å². The quantitative estimate of drug-likeness (QED) is 0.0926. The zero-order valence-corrected chi connectivity index (χ0v) is 24.7. The van der Waals surface area contributed by atoms with Crippen molar-refractivity contribution >= 4 is 29.8 Å². The van der Waals surface area contributed by atoms with Crippen LogP contribution in [-0.4, -0.2) is 68.3 Å². The highest BCUT2D eigenvalue weighted by Crippen LogP contribution is 2.11. The number of hydrogen-bond donors (Lipinski definition) is 3. The summed E-state index contributed by atoms with van der Waals surface area (Å²) < 4.78 is 15.2. The molecule has 0 saturated carbocycles. The number of unbranched alkanes of at least 4 members (excludes halogenated alkanes) is 5. The van der Waals surface area contributed by atoms with Crippen molar-refractivity contribution in [2.75, 3.05) is 26.3 Å². The van der Waals surface area contributed by atoms with E-state index in [9.17, 15) is 24.0 Å². The molecular formula is C29H49N3O8. The minimum Gasteiger partial charge on any atom is -0.450 e. The molecule has 0 radical (unpaired) electrons. The molecule has 0 aliphatic rings. The molecule has 2 atom stereocenters. The lowest BCUT2D eigenvalue weighted by Gasteiger charge is -2.18. The fraction of sp³-hybridized carbons (Fsp3) is 0.690. The van der Waals surface area contributed by atoms with Crippen molar-refractivity contribution in [2.24, 2.45) is 0 Å². The molecule has 0 heterocycles. The van der Waals surface area contributed by atoms with Crippen molar-refractivity contribution in [3.63, 3.8) is 0 Å². The number of carbonyl (C=O) groups is 5. The van der Waals surface area contributed by atoms with Crippen LogP contribution in [0.5, 0.6) is 0 Å². The fourth-order valence-electron chi connectivity index (χ4n) is 3.54. The monoisotopic (exact) mass is 567 g/mol. The molecule has 11 heteroatoms. The van der Waals surface area contributed by atoms with Gasteiger partial charge in [-0.3, -0.25) is 9.59 Å². The number of ether oxygens (including phenoxy) is 3. The molecule has 0 fully saturated rings. The molecule has 3 N–H and O–H groups in total. The summed E-state index contributed by atoms with van der Waals surface area (Å²) in [5, 5.41) is 7.94. The first-order valence-electron chi connectivity index (χ1n) is 14.1. The zero-order valence-electron chi connectivity index (χ0n) is 24.7. The van der Waals surface area contributed by atoms with Crippen LogP contribution in [0.2, 0.25) is 0 Å². The van der Waals surface area contributed by atoms with Gasteiger partial charge in [-0.1, -0.05) is 38.8 Å². The number of alkyl carbamates (subject to hydrolysis) is 3. The van der Waals surface area contributed by atoms with E-state index in [-0.39, 0.29) is 18.2 Å². The minimum atomic E-state index is -0.755. The number of rotatable bonds is 22. The van der Waals surface area contributed by atoms with Gasteiger partial charge in [0.25, 0.3) is 0 Å². The number of amides is 3. The van der Waals surface area contributed by atoms with Crippen LogP contribution in [0.15, 0.2) is 24.3 Å². The molecule has 40 heavy (non-hydrogen) atoms. The molecule has 0 rings (SSSR count). The Balaban J connectivity index is 4.11. The van der Waals surface area contributed by atoms with E-state index in [1.165, 1.54) is 0 Å². The second-order valence-electron chi connectivity index (χ2n) is 9.77. The van der Waals surface area contributed by atoms with Crippen LogP contribution in [0.3, 0.4) is 0 Å². The summed E-state index contributed by atoms with van der Waals surface area (Å²) in [6.07, 6.45) is 4.45. The van der Waals surface area contributed by atoms with Crippen molar-refractivity contribution in [1.29, 1.82) is 0 Å². The van der Waals surface area contributed by atoms with Gasteiger partial charge in [0.05, 0.1) is 19.3 Å². The van der Waals surface area contributed by atoms with Crippen LogP contribution in [0.25, 0.3) is 0 Å². The summed E-state index contributed by atoms with van der Waals surface area (Å²) in [5.74, 6) is -0.239. The Bertz CT molecular complexity index is 843. The number of Topliss-reactive ketones (excluding diaryl/α,β-unsaturated/α-hetero) is 2. The lowest BCUT2D eigenvalue weighted by Crippen LogP contribution is -2.41. The Morgan fingerprint density at radius 1 is 0.725 bits per heavy atom. The van der Waals surface area contributed by atoms with E-state index in [1.807, 2.05) is 0 Å². The van der Waals surface area contributed by atoms with Crippen molar-refractivity contribution in [3.05, 3.63) is 24.3 Å². The molecular weight excluding hydrogens is 518 g/mol. The lowest BCUT2D eigenvalue weighted by atomic mass is 9.99. The van der Waals surface area contributed by atoms with Crippen molar-refractivity contribution in [2.45, 2.75) is 104 Å². The highest BCUT2D eigenvalue weighted by molar-refractivity contribution is 5.99. The maximum absolute atomic E-state index is 12.4. The van der Waals surface area contributed by atoms with E-state index in [2.05, 4.69) is 29.1 Å².